The number of benzene rings is 3. The highest BCUT2D eigenvalue weighted by Gasteiger charge is 2.31. The zero-order valence-corrected chi connectivity index (χ0v) is 21.2. The molecule has 3 rings (SSSR count). The van der Waals surface area contributed by atoms with Crippen LogP contribution in [0.15, 0.2) is 72.8 Å². The van der Waals surface area contributed by atoms with Gasteiger partial charge in [-0.1, -0.05) is 62.4 Å². The van der Waals surface area contributed by atoms with Crippen molar-refractivity contribution in [2.24, 2.45) is 5.92 Å². The summed E-state index contributed by atoms with van der Waals surface area (Å²) in [6, 6.07) is 19.6. The molecule has 190 valence electrons. The summed E-state index contributed by atoms with van der Waals surface area (Å²) in [6.07, 6.45) is 0.0440. The molecule has 0 spiro atoms. The largest absolute Gasteiger partial charge is 0.493 e. The van der Waals surface area contributed by atoms with E-state index in [9.17, 15) is 14.0 Å². The number of halogens is 1. The van der Waals surface area contributed by atoms with Crippen LogP contribution in [0.5, 0.6) is 11.5 Å². The Bertz CT molecular complexity index is 1150. The SMILES string of the molecule is COc1ccc(CC(=O)N(Cc2ccc(F)cc2)C(C(=O)NCC(C)C)c2ccccc2)cc1OC. The molecule has 3 aromatic rings. The van der Waals surface area contributed by atoms with Gasteiger partial charge in [-0.15, -0.1) is 0 Å². The monoisotopic (exact) mass is 492 g/mol. The highest BCUT2D eigenvalue weighted by atomic mass is 19.1. The van der Waals surface area contributed by atoms with Crippen molar-refractivity contribution in [2.75, 3.05) is 20.8 Å². The first-order chi connectivity index (χ1) is 17.3. The van der Waals surface area contributed by atoms with Crippen molar-refractivity contribution in [3.05, 3.63) is 95.3 Å². The molecule has 0 saturated heterocycles. The molecule has 1 unspecified atom stereocenters. The molecule has 0 heterocycles. The lowest BCUT2D eigenvalue weighted by atomic mass is 10.0. The average molecular weight is 493 g/mol. The first kappa shape index (κ1) is 26.7. The molecular weight excluding hydrogens is 459 g/mol. The van der Waals surface area contributed by atoms with Gasteiger partial charge in [-0.3, -0.25) is 9.59 Å². The summed E-state index contributed by atoms with van der Waals surface area (Å²) in [4.78, 5) is 28.8. The van der Waals surface area contributed by atoms with Crippen molar-refractivity contribution in [3.8, 4) is 11.5 Å². The Morgan fingerprint density at radius 3 is 2.14 bits per heavy atom. The lowest BCUT2D eigenvalue weighted by molar-refractivity contribution is -0.141. The molecule has 3 aromatic carbocycles. The van der Waals surface area contributed by atoms with E-state index in [2.05, 4.69) is 5.32 Å². The van der Waals surface area contributed by atoms with E-state index in [-0.39, 0.29) is 36.5 Å². The van der Waals surface area contributed by atoms with E-state index in [1.165, 1.54) is 19.2 Å². The number of rotatable bonds is 11. The van der Waals surface area contributed by atoms with Gasteiger partial charge in [-0.25, -0.2) is 4.39 Å². The second-order valence-corrected chi connectivity index (χ2v) is 8.97. The number of ether oxygens (including phenoxy) is 2. The Morgan fingerprint density at radius 2 is 1.53 bits per heavy atom. The number of nitrogens with zero attached hydrogens (tertiary/aromatic N) is 1. The Labute approximate surface area is 212 Å². The topological polar surface area (TPSA) is 67.9 Å². The van der Waals surface area contributed by atoms with E-state index in [1.54, 1.807) is 42.3 Å². The number of hydrogen-bond acceptors (Lipinski definition) is 4. The summed E-state index contributed by atoms with van der Waals surface area (Å²) >= 11 is 0. The van der Waals surface area contributed by atoms with E-state index in [4.69, 9.17) is 9.47 Å². The van der Waals surface area contributed by atoms with Crippen molar-refractivity contribution in [2.45, 2.75) is 32.9 Å². The second kappa shape index (κ2) is 12.7. The average Bonchev–Trinajstić information content (AvgIpc) is 2.88. The highest BCUT2D eigenvalue weighted by Crippen LogP contribution is 2.29. The number of nitrogens with one attached hydrogen (secondary N) is 1. The molecule has 2 amide bonds. The summed E-state index contributed by atoms with van der Waals surface area (Å²) in [6.45, 7) is 4.64. The molecule has 0 bridgehead atoms. The van der Waals surface area contributed by atoms with Crippen LogP contribution < -0.4 is 14.8 Å². The molecule has 0 aliphatic heterocycles. The summed E-state index contributed by atoms with van der Waals surface area (Å²) in [7, 11) is 3.09. The molecule has 7 heteroatoms. The van der Waals surface area contributed by atoms with Gasteiger partial charge >= 0.3 is 0 Å². The number of carbonyl (C=O) groups is 2. The molecule has 6 nitrogen and oxygen atoms in total. The number of carbonyl (C=O) groups excluding carboxylic acids is 2. The molecule has 1 atom stereocenters. The van der Waals surface area contributed by atoms with Crippen LogP contribution in [0, 0.1) is 11.7 Å². The van der Waals surface area contributed by atoms with Gasteiger partial charge in [0.15, 0.2) is 11.5 Å². The third-order valence-electron chi connectivity index (χ3n) is 5.75. The standard InChI is InChI=1S/C29H33FN2O4/c1-20(2)18-31-29(34)28(23-8-6-5-7-9-23)32(19-21-10-13-24(30)14-11-21)27(33)17-22-12-15-25(35-3)26(16-22)36-4/h5-16,20,28H,17-19H2,1-4H3,(H,31,34). The number of hydrogen-bond donors (Lipinski definition) is 1. The number of methoxy groups -OCH3 is 2. The fourth-order valence-corrected chi connectivity index (χ4v) is 3.89. The summed E-state index contributed by atoms with van der Waals surface area (Å²) in [5, 5.41) is 2.98. The molecular formula is C29H33FN2O4. The van der Waals surface area contributed by atoms with Gasteiger partial charge in [0.25, 0.3) is 0 Å². The van der Waals surface area contributed by atoms with Crippen LogP contribution in [0.25, 0.3) is 0 Å². The fourth-order valence-electron chi connectivity index (χ4n) is 3.89. The van der Waals surface area contributed by atoms with Crippen molar-refractivity contribution in [1.82, 2.24) is 10.2 Å². The van der Waals surface area contributed by atoms with Crippen LogP contribution in [0.4, 0.5) is 4.39 Å². The Balaban J connectivity index is 2.00. The van der Waals surface area contributed by atoms with Gasteiger partial charge in [0.05, 0.1) is 20.6 Å². The van der Waals surface area contributed by atoms with Crippen molar-refractivity contribution in [3.63, 3.8) is 0 Å². The molecule has 0 aromatic heterocycles. The smallest absolute Gasteiger partial charge is 0.247 e. The predicted octanol–water partition coefficient (Wildman–Crippen LogP) is 4.93. The van der Waals surface area contributed by atoms with Gasteiger partial charge in [0.1, 0.15) is 11.9 Å². The minimum atomic E-state index is -0.859. The second-order valence-electron chi connectivity index (χ2n) is 8.97. The Hall–Kier alpha value is -3.87. The van der Waals surface area contributed by atoms with E-state index in [1.807, 2.05) is 44.2 Å². The maximum Gasteiger partial charge on any atom is 0.247 e. The van der Waals surface area contributed by atoms with Crippen molar-refractivity contribution < 1.29 is 23.5 Å². The van der Waals surface area contributed by atoms with Crippen LogP contribution in [0.1, 0.15) is 36.6 Å². The molecule has 0 aliphatic carbocycles. The molecule has 36 heavy (non-hydrogen) atoms. The van der Waals surface area contributed by atoms with E-state index in [0.717, 1.165) is 11.1 Å². The molecule has 1 N–H and O–H groups in total. The highest BCUT2D eigenvalue weighted by molar-refractivity contribution is 5.89. The first-order valence-electron chi connectivity index (χ1n) is 11.9. The zero-order valence-electron chi connectivity index (χ0n) is 21.2. The van der Waals surface area contributed by atoms with Crippen LogP contribution in [0.3, 0.4) is 0 Å². The van der Waals surface area contributed by atoms with E-state index < -0.39 is 6.04 Å². The lowest BCUT2D eigenvalue weighted by Gasteiger charge is -2.32. The molecule has 0 aliphatic rings. The summed E-state index contributed by atoms with van der Waals surface area (Å²) < 4.78 is 24.3. The van der Waals surface area contributed by atoms with E-state index >= 15 is 0 Å². The molecule has 0 fully saturated rings. The lowest BCUT2D eigenvalue weighted by Crippen LogP contribution is -2.44. The minimum absolute atomic E-state index is 0.0440. The van der Waals surface area contributed by atoms with E-state index in [0.29, 0.717) is 23.6 Å². The Kier molecular flexibility index (Phi) is 9.45. The van der Waals surface area contributed by atoms with Crippen LogP contribution in [-0.4, -0.2) is 37.5 Å². The Morgan fingerprint density at radius 1 is 0.889 bits per heavy atom. The molecule has 0 radical (unpaired) electrons. The van der Waals surface area contributed by atoms with Crippen LogP contribution >= 0.6 is 0 Å². The van der Waals surface area contributed by atoms with Gasteiger partial charge in [-0.05, 0) is 46.9 Å². The molecule has 0 saturated carbocycles. The zero-order chi connectivity index (χ0) is 26.1. The summed E-state index contributed by atoms with van der Waals surface area (Å²) in [5.41, 5.74) is 2.13. The predicted molar refractivity (Wildman–Crippen MR) is 137 cm³/mol. The van der Waals surface area contributed by atoms with Gasteiger partial charge in [-0.2, -0.15) is 0 Å². The van der Waals surface area contributed by atoms with Gasteiger partial charge in [0, 0.05) is 13.1 Å². The van der Waals surface area contributed by atoms with Crippen LogP contribution in [0.2, 0.25) is 0 Å². The van der Waals surface area contributed by atoms with Crippen molar-refractivity contribution in [1.29, 1.82) is 0 Å². The minimum Gasteiger partial charge on any atom is -0.493 e. The fraction of sp³-hybridized carbons (Fsp3) is 0.310. The van der Waals surface area contributed by atoms with Crippen molar-refractivity contribution >= 4 is 11.8 Å². The number of amides is 2. The first-order valence-corrected chi connectivity index (χ1v) is 11.9. The van der Waals surface area contributed by atoms with Crippen LogP contribution in [-0.2, 0) is 22.6 Å². The maximum absolute atomic E-state index is 13.8. The normalized spacial score (nSPS) is 11.6. The van der Waals surface area contributed by atoms with Gasteiger partial charge in [0.2, 0.25) is 11.8 Å². The third kappa shape index (κ3) is 7.07. The van der Waals surface area contributed by atoms with Gasteiger partial charge < -0.3 is 19.7 Å². The maximum atomic E-state index is 13.8. The summed E-state index contributed by atoms with van der Waals surface area (Å²) in [5.74, 6) is 0.446. The quantitative estimate of drug-likeness (QED) is 0.412. The third-order valence-corrected chi connectivity index (χ3v) is 5.75.